The van der Waals surface area contributed by atoms with E-state index in [1.807, 2.05) is 73.7 Å². The Morgan fingerprint density at radius 1 is 1.00 bits per heavy atom. The number of aromatic nitrogens is 3. The highest BCUT2D eigenvalue weighted by molar-refractivity contribution is 5.95. The van der Waals surface area contributed by atoms with Crippen LogP contribution in [0.5, 0.6) is 11.5 Å². The molecule has 0 radical (unpaired) electrons. The molecule has 210 valence electrons. The van der Waals surface area contributed by atoms with Crippen LogP contribution in [-0.2, 0) is 13.2 Å². The first-order chi connectivity index (χ1) is 19.8. The van der Waals surface area contributed by atoms with Crippen molar-refractivity contribution in [3.63, 3.8) is 0 Å². The summed E-state index contributed by atoms with van der Waals surface area (Å²) < 4.78 is 13.5. The van der Waals surface area contributed by atoms with Crippen LogP contribution in [0.15, 0.2) is 83.9 Å². The van der Waals surface area contributed by atoms with Gasteiger partial charge in [-0.3, -0.25) is 14.0 Å². The number of amides is 1. The van der Waals surface area contributed by atoms with Crippen molar-refractivity contribution in [2.45, 2.75) is 46.8 Å². The molecule has 0 saturated heterocycles. The minimum atomic E-state index is -0.330. The number of carbonyl (C=O) groups excluding carboxylic acids is 1. The number of hydrogen-bond donors (Lipinski definition) is 2. The van der Waals surface area contributed by atoms with Crippen molar-refractivity contribution in [1.29, 1.82) is 0 Å². The number of rotatable bonds is 10. The Balaban J connectivity index is 1.48. The van der Waals surface area contributed by atoms with Crippen LogP contribution in [0.1, 0.15) is 59.7 Å². The van der Waals surface area contributed by atoms with Crippen LogP contribution < -0.4 is 20.3 Å². The minimum absolute atomic E-state index is 0.0179. The molecule has 5 rings (SSSR count). The molecule has 0 bridgehead atoms. The zero-order valence-electron chi connectivity index (χ0n) is 23.7. The lowest BCUT2D eigenvalue weighted by molar-refractivity contribution is 0.0944. The Morgan fingerprint density at radius 2 is 1.80 bits per heavy atom. The summed E-state index contributed by atoms with van der Waals surface area (Å²) in [5, 5.41) is 2.92. The molecule has 3 aromatic heterocycles. The number of nitrogens with zero attached hydrogens (tertiary/aromatic N) is 2. The molecule has 8 heteroatoms. The lowest BCUT2D eigenvalue weighted by atomic mass is 10.0. The zero-order valence-corrected chi connectivity index (χ0v) is 23.7. The smallest absolute Gasteiger partial charge is 0.268 e. The van der Waals surface area contributed by atoms with Crippen LogP contribution in [0.2, 0.25) is 0 Å². The minimum Gasteiger partial charge on any atom is -0.493 e. The zero-order chi connectivity index (χ0) is 28.9. The number of benzene rings is 2. The van der Waals surface area contributed by atoms with E-state index in [1.165, 1.54) is 0 Å². The first-order valence-corrected chi connectivity index (χ1v) is 13.8. The second-order valence-electron chi connectivity index (χ2n) is 10.2. The molecule has 41 heavy (non-hydrogen) atoms. The fourth-order valence-corrected chi connectivity index (χ4v) is 4.80. The van der Waals surface area contributed by atoms with Gasteiger partial charge in [-0.15, -0.1) is 0 Å². The van der Waals surface area contributed by atoms with E-state index in [1.54, 1.807) is 23.7 Å². The number of ether oxygens (including phenoxy) is 2. The summed E-state index contributed by atoms with van der Waals surface area (Å²) in [5.74, 6) is 1.02. The molecule has 0 aliphatic rings. The van der Waals surface area contributed by atoms with Crippen molar-refractivity contribution < 1.29 is 14.3 Å². The van der Waals surface area contributed by atoms with Crippen molar-refractivity contribution in [1.82, 2.24) is 19.7 Å². The van der Waals surface area contributed by atoms with Gasteiger partial charge in [-0.05, 0) is 66.8 Å². The highest BCUT2D eigenvalue weighted by Gasteiger charge is 2.19. The molecule has 0 saturated carbocycles. The van der Waals surface area contributed by atoms with E-state index in [2.05, 4.69) is 29.1 Å². The van der Waals surface area contributed by atoms with Gasteiger partial charge in [0.15, 0.2) is 0 Å². The molecule has 5 aromatic rings. The van der Waals surface area contributed by atoms with Gasteiger partial charge in [0.2, 0.25) is 0 Å². The maximum Gasteiger partial charge on any atom is 0.268 e. The summed E-state index contributed by atoms with van der Waals surface area (Å²) in [6.45, 7) is 8.68. The van der Waals surface area contributed by atoms with Gasteiger partial charge in [-0.25, -0.2) is 4.98 Å². The number of imidazole rings is 1. The van der Waals surface area contributed by atoms with Crippen LogP contribution in [0.4, 0.5) is 0 Å². The number of aryl methyl sites for hydroxylation is 1. The van der Waals surface area contributed by atoms with E-state index < -0.39 is 0 Å². The molecule has 2 aromatic carbocycles. The van der Waals surface area contributed by atoms with Gasteiger partial charge >= 0.3 is 0 Å². The predicted octanol–water partition coefficient (Wildman–Crippen LogP) is 6.03. The molecule has 0 spiro atoms. The molecule has 8 nitrogen and oxygen atoms in total. The second kappa shape index (κ2) is 12.1. The van der Waals surface area contributed by atoms with Crippen molar-refractivity contribution in [2.75, 3.05) is 6.61 Å². The average molecular weight is 551 g/mol. The number of H-pyrrole nitrogens is 1. The van der Waals surface area contributed by atoms with Crippen LogP contribution in [0.25, 0.3) is 16.6 Å². The molecule has 2 N–H and O–H groups in total. The summed E-state index contributed by atoms with van der Waals surface area (Å²) in [5.41, 5.74) is 5.78. The third-order valence-corrected chi connectivity index (χ3v) is 6.83. The quantitative estimate of drug-likeness (QED) is 0.221. The second-order valence-corrected chi connectivity index (χ2v) is 10.2. The molecule has 0 atom stereocenters. The first-order valence-electron chi connectivity index (χ1n) is 13.8. The molecule has 0 unspecified atom stereocenters. The van der Waals surface area contributed by atoms with E-state index in [0.29, 0.717) is 35.9 Å². The Morgan fingerprint density at radius 3 is 2.56 bits per heavy atom. The van der Waals surface area contributed by atoms with E-state index in [0.717, 1.165) is 33.7 Å². The summed E-state index contributed by atoms with van der Waals surface area (Å²) in [4.78, 5) is 33.7. The van der Waals surface area contributed by atoms with Gasteiger partial charge in [-0.1, -0.05) is 56.3 Å². The third kappa shape index (κ3) is 6.17. The third-order valence-electron chi connectivity index (χ3n) is 6.83. The molecule has 1 amide bonds. The van der Waals surface area contributed by atoms with E-state index in [9.17, 15) is 9.59 Å². The fraction of sp³-hybridized carbons (Fsp3) is 0.242. The van der Waals surface area contributed by atoms with Crippen LogP contribution in [0, 0.1) is 6.92 Å². The monoisotopic (exact) mass is 550 g/mol. The number of nitrogens with one attached hydrogen (secondary N) is 2. The first kappa shape index (κ1) is 27.7. The Kier molecular flexibility index (Phi) is 8.19. The topological polar surface area (TPSA) is 97.7 Å². The van der Waals surface area contributed by atoms with Crippen molar-refractivity contribution in [2.24, 2.45) is 0 Å². The number of aromatic amines is 1. The fourth-order valence-electron chi connectivity index (χ4n) is 4.80. The standard InChI is InChI=1S/C33H34N4O4/c1-5-40-30-14-22(4)36-32(38)27(30)18-34-33(39)29-17-25(16-28-31(21(2)3)35-20-37(28)29)24-12-9-13-26(15-24)41-19-23-10-7-6-8-11-23/h6-17,20-21H,5,18-19H2,1-4H3,(H,34,39)(H,36,38). The van der Waals surface area contributed by atoms with Crippen LogP contribution >= 0.6 is 0 Å². The molecule has 0 fully saturated rings. The van der Waals surface area contributed by atoms with Gasteiger partial charge in [-0.2, -0.15) is 0 Å². The van der Waals surface area contributed by atoms with Crippen molar-refractivity contribution in [3.05, 3.63) is 118 Å². The van der Waals surface area contributed by atoms with Crippen LogP contribution in [0.3, 0.4) is 0 Å². The average Bonchev–Trinajstić information content (AvgIpc) is 3.40. The number of fused-ring (bicyclic) bond motifs is 1. The highest BCUT2D eigenvalue weighted by Crippen LogP contribution is 2.30. The summed E-state index contributed by atoms with van der Waals surface area (Å²) in [6.07, 6.45) is 1.67. The molecule has 3 heterocycles. The number of carbonyl (C=O) groups is 1. The normalized spacial score (nSPS) is 11.1. The van der Waals surface area contributed by atoms with E-state index >= 15 is 0 Å². The SMILES string of the molecule is CCOc1cc(C)[nH]c(=O)c1CNC(=O)c1cc(-c2cccc(OCc3ccccc3)c2)cc2c(C(C)C)ncn12. The van der Waals surface area contributed by atoms with Gasteiger partial charge in [0, 0.05) is 5.69 Å². The summed E-state index contributed by atoms with van der Waals surface area (Å²) >= 11 is 0. The van der Waals surface area contributed by atoms with Gasteiger partial charge < -0.3 is 19.8 Å². The largest absolute Gasteiger partial charge is 0.493 e. The maximum atomic E-state index is 13.6. The van der Waals surface area contributed by atoms with Gasteiger partial charge in [0.25, 0.3) is 11.5 Å². The number of hydrogen-bond acceptors (Lipinski definition) is 5. The lowest BCUT2D eigenvalue weighted by Gasteiger charge is -2.14. The Labute approximate surface area is 239 Å². The molecule has 0 aliphatic heterocycles. The summed E-state index contributed by atoms with van der Waals surface area (Å²) in [6, 6.07) is 23.5. The van der Waals surface area contributed by atoms with Gasteiger partial charge in [0.05, 0.1) is 29.9 Å². The predicted molar refractivity (Wildman–Crippen MR) is 160 cm³/mol. The molecular formula is C33H34N4O4. The lowest BCUT2D eigenvalue weighted by Crippen LogP contribution is -2.29. The van der Waals surface area contributed by atoms with Crippen LogP contribution in [-0.4, -0.2) is 26.9 Å². The van der Waals surface area contributed by atoms with Gasteiger partial charge in [0.1, 0.15) is 30.1 Å². The number of pyridine rings is 2. The summed E-state index contributed by atoms with van der Waals surface area (Å²) in [7, 11) is 0. The highest BCUT2D eigenvalue weighted by atomic mass is 16.5. The van der Waals surface area contributed by atoms with E-state index in [4.69, 9.17) is 9.47 Å². The molecule has 0 aliphatic carbocycles. The molecular weight excluding hydrogens is 516 g/mol. The van der Waals surface area contributed by atoms with Crippen molar-refractivity contribution >= 4 is 11.4 Å². The van der Waals surface area contributed by atoms with E-state index in [-0.39, 0.29) is 23.9 Å². The van der Waals surface area contributed by atoms with Crippen molar-refractivity contribution in [3.8, 4) is 22.6 Å². The Hall–Kier alpha value is -4.85. The Bertz CT molecular complexity index is 1740. The maximum absolute atomic E-state index is 13.6.